The van der Waals surface area contributed by atoms with E-state index in [1.165, 1.54) is 37.6 Å². The molecule has 5 heteroatoms. The van der Waals surface area contributed by atoms with Crippen molar-refractivity contribution >= 4 is 28.8 Å². The van der Waals surface area contributed by atoms with E-state index >= 15 is 0 Å². The van der Waals surface area contributed by atoms with Gasteiger partial charge in [-0.1, -0.05) is 173 Å². The number of hydrogen-bond acceptors (Lipinski definition) is 2. The fourth-order valence-corrected chi connectivity index (χ4v) is 12.8. The maximum Gasteiger partial charge on any atom is 0.179 e. The smallest absolute Gasteiger partial charge is 0.179 e. The molecule has 4 nitrogen and oxygen atoms in total. The Morgan fingerprint density at radius 3 is 1.34 bits per heavy atom. The molecule has 6 aromatic carbocycles. The molecule has 260 valence electrons. The van der Waals surface area contributed by atoms with Gasteiger partial charge in [0, 0.05) is 41.6 Å². The topological polar surface area (TPSA) is 35.6 Å². The molecule has 0 spiro atoms. The van der Waals surface area contributed by atoms with Crippen LogP contribution in [0.3, 0.4) is 0 Å². The van der Waals surface area contributed by atoms with Crippen molar-refractivity contribution in [1.29, 1.82) is 0 Å². The van der Waals surface area contributed by atoms with E-state index in [1.54, 1.807) is 0 Å². The molecule has 0 aliphatic carbocycles. The molecule has 8 aromatic rings. The quantitative estimate of drug-likeness (QED) is 0.105. The summed E-state index contributed by atoms with van der Waals surface area (Å²) in [5.74, 6) is 2.60. The Morgan fingerprint density at radius 1 is 0.434 bits per heavy atom. The van der Waals surface area contributed by atoms with Crippen LogP contribution in [-0.2, 0) is 0 Å². The first-order valence-corrected chi connectivity index (χ1v) is 20.5. The summed E-state index contributed by atoms with van der Waals surface area (Å²) >= 11 is 0. The molecule has 0 aliphatic heterocycles. The van der Waals surface area contributed by atoms with Crippen LogP contribution in [0.4, 0.5) is 0 Å². The summed E-state index contributed by atoms with van der Waals surface area (Å²) < 4.78 is 4.50. The fraction of sp³-hybridized carbons (Fsp3) is 0.125. The van der Waals surface area contributed by atoms with Crippen molar-refractivity contribution < 1.29 is 0 Å². The lowest BCUT2D eigenvalue weighted by Gasteiger charge is -2.35. The average molecular weight is 705 g/mol. The van der Waals surface area contributed by atoms with Gasteiger partial charge < -0.3 is 0 Å². The van der Waals surface area contributed by atoms with E-state index in [0.29, 0.717) is 11.8 Å². The Labute approximate surface area is 314 Å². The Hall–Kier alpha value is -6.04. The SMILES string of the molecule is CC(C)c1cccc(C(C)C)c1-n1ccnc1-c1cccc([Si](c2ccccc2)(c2ccccc2)c2cccc(-c3nccn3-c3ccccc3)c2)c1. The second-order valence-electron chi connectivity index (χ2n) is 14.3. The third-order valence-corrected chi connectivity index (χ3v) is 15.2. The Kier molecular flexibility index (Phi) is 9.34. The van der Waals surface area contributed by atoms with E-state index in [9.17, 15) is 0 Å². The molecule has 0 atom stereocenters. The van der Waals surface area contributed by atoms with Crippen molar-refractivity contribution in [3.8, 4) is 34.2 Å². The number of benzene rings is 6. The standard InChI is InChI=1S/C48H44N4Si/c1-35(2)44-27-16-28-45(36(3)4)46(44)52-32-30-50-48(52)38-18-15-26-43(34-38)53(40-21-10-6-11-22-40,41-23-12-7-13-24-41)42-25-14-17-37(33-42)47-49-29-31-51(47)39-19-8-5-9-20-39/h5-36H,1-4H3. The maximum atomic E-state index is 5.06. The van der Waals surface area contributed by atoms with Gasteiger partial charge in [-0.05, 0) is 55.8 Å². The van der Waals surface area contributed by atoms with E-state index in [4.69, 9.17) is 9.97 Å². The summed E-state index contributed by atoms with van der Waals surface area (Å²) in [5.41, 5.74) is 7.16. The minimum atomic E-state index is -2.91. The molecule has 0 unspecified atom stereocenters. The second kappa shape index (κ2) is 14.5. The zero-order chi connectivity index (χ0) is 36.4. The average Bonchev–Trinajstić information content (AvgIpc) is 3.91. The first-order valence-electron chi connectivity index (χ1n) is 18.5. The zero-order valence-corrected chi connectivity index (χ0v) is 31.8. The third-order valence-electron chi connectivity index (χ3n) is 10.4. The van der Waals surface area contributed by atoms with Crippen LogP contribution in [0.2, 0.25) is 0 Å². The molecule has 0 saturated carbocycles. The van der Waals surface area contributed by atoms with Gasteiger partial charge in [0.1, 0.15) is 11.6 Å². The Bertz CT molecular complexity index is 2400. The van der Waals surface area contributed by atoms with Gasteiger partial charge in [0.15, 0.2) is 8.07 Å². The van der Waals surface area contributed by atoms with E-state index < -0.39 is 8.07 Å². The van der Waals surface area contributed by atoms with Gasteiger partial charge in [-0.2, -0.15) is 0 Å². The van der Waals surface area contributed by atoms with Crippen molar-refractivity contribution in [3.63, 3.8) is 0 Å². The van der Waals surface area contributed by atoms with Crippen LogP contribution in [0, 0.1) is 0 Å². The predicted molar refractivity (Wildman–Crippen MR) is 223 cm³/mol. The largest absolute Gasteiger partial charge is 0.300 e. The summed E-state index contributed by atoms with van der Waals surface area (Å²) in [4.78, 5) is 9.96. The van der Waals surface area contributed by atoms with Crippen molar-refractivity contribution in [2.45, 2.75) is 39.5 Å². The highest BCUT2D eigenvalue weighted by Crippen LogP contribution is 2.34. The van der Waals surface area contributed by atoms with Gasteiger partial charge in [-0.15, -0.1) is 0 Å². The van der Waals surface area contributed by atoms with Crippen LogP contribution in [0.1, 0.15) is 50.7 Å². The number of nitrogens with zero attached hydrogens (tertiary/aromatic N) is 4. The number of rotatable bonds is 10. The van der Waals surface area contributed by atoms with Crippen molar-refractivity contribution in [2.24, 2.45) is 0 Å². The third kappa shape index (κ3) is 6.17. The molecule has 8 rings (SSSR count). The summed E-state index contributed by atoms with van der Waals surface area (Å²) in [7, 11) is -2.91. The van der Waals surface area contributed by atoms with E-state index in [-0.39, 0.29) is 0 Å². The van der Waals surface area contributed by atoms with E-state index in [2.05, 4.69) is 195 Å². The molecule has 0 saturated heterocycles. The first-order chi connectivity index (χ1) is 26.0. The van der Waals surface area contributed by atoms with Crippen LogP contribution in [0.15, 0.2) is 183 Å². The van der Waals surface area contributed by atoms with Gasteiger partial charge >= 0.3 is 0 Å². The Morgan fingerprint density at radius 2 is 0.849 bits per heavy atom. The van der Waals surface area contributed by atoms with Crippen LogP contribution < -0.4 is 20.7 Å². The lowest BCUT2D eigenvalue weighted by Crippen LogP contribution is -2.74. The minimum absolute atomic E-state index is 0.367. The highest BCUT2D eigenvalue weighted by Gasteiger charge is 2.42. The van der Waals surface area contributed by atoms with Gasteiger partial charge in [-0.25, -0.2) is 9.97 Å². The molecule has 0 aliphatic rings. The monoisotopic (exact) mass is 704 g/mol. The number of aromatic nitrogens is 4. The lowest BCUT2D eigenvalue weighted by atomic mass is 9.92. The normalized spacial score (nSPS) is 11.7. The van der Waals surface area contributed by atoms with Gasteiger partial charge in [-0.3, -0.25) is 9.13 Å². The van der Waals surface area contributed by atoms with Crippen LogP contribution in [0.5, 0.6) is 0 Å². The number of hydrogen-bond donors (Lipinski definition) is 0. The molecular weight excluding hydrogens is 661 g/mol. The fourth-order valence-electron chi connectivity index (χ4n) is 7.96. The summed E-state index contributed by atoms with van der Waals surface area (Å²) in [6.07, 6.45) is 8.01. The highest BCUT2D eigenvalue weighted by molar-refractivity contribution is 7.20. The predicted octanol–water partition coefficient (Wildman–Crippen LogP) is 9.02. The van der Waals surface area contributed by atoms with Crippen molar-refractivity contribution in [3.05, 3.63) is 194 Å². The molecule has 0 bridgehead atoms. The molecule has 2 heterocycles. The molecule has 0 N–H and O–H groups in total. The summed E-state index contributed by atoms with van der Waals surface area (Å²) in [6.45, 7) is 9.11. The van der Waals surface area contributed by atoms with Crippen LogP contribution in [0.25, 0.3) is 34.2 Å². The summed E-state index contributed by atoms with van der Waals surface area (Å²) in [5, 5.41) is 5.24. The number of imidazole rings is 2. The second-order valence-corrected chi connectivity index (χ2v) is 18.1. The molecular formula is C48H44N4Si. The maximum absolute atomic E-state index is 5.06. The van der Waals surface area contributed by atoms with E-state index in [1.807, 2.05) is 24.7 Å². The van der Waals surface area contributed by atoms with Gasteiger partial charge in [0.05, 0.1) is 5.69 Å². The molecule has 0 radical (unpaired) electrons. The van der Waals surface area contributed by atoms with Gasteiger partial charge in [0.25, 0.3) is 0 Å². The molecule has 53 heavy (non-hydrogen) atoms. The van der Waals surface area contributed by atoms with Crippen molar-refractivity contribution in [2.75, 3.05) is 0 Å². The molecule has 2 aromatic heterocycles. The summed E-state index contributed by atoms with van der Waals surface area (Å²) in [6, 6.07) is 57.7. The van der Waals surface area contributed by atoms with Crippen LogP contribution in [-0.4, -0.2) is 27.2 Å². The number of para-hydroxylation sites is 2. The minimum Gasteiger partial charge on any atom is -0.300 e. The van der Waals surface area contributed by atoms with Crippen LogP contribution >= 0.6 is 0 Å². The molecule has 0 fully saturated rings. The lowest BCUT2D eigenvalue weighted by molar-refractivity contribution is 0.807. The first kappa shape index (κ1) is 34.1. The Balaban J connectivity index is 1.37. The highest BCUT2D eigenvalue weighted by atomic mass is 28.3. The van der Waals surface area contributed by atoms with Gasteiger partial charge in [0.2, 0.25) is 0 Å². The molecule has 0 amide bonds. The van der Waals surface area contributed by atoms with Crippen molar-refractivity contribution in [1.82, 2.24) is 19.1 Å². The van der Waals surface area contributed by atoms with E-state index in [0.717, 1.165) is 28.5 Å². The zero-order valence-electron chi connectivity index (χ0n) is 30.8.